The van der Waals surface area contributed by atoms with Crippen molar-refractivity contribution in [2.75, 3.05) is 5.73 Å². The second-order valence-electron chi connectivity index (χ2n) is 4.38. The minimum atomic E-state index is -0.611. The molecule has 0 atom stereocenters. The molecule has 2 aromatic heterocycles. The molecule has 0 radical (unpaired) electrons. The zero-order chi connectivity index (χ0) is 15.4. The monoisotopic (exact) mass is 312 g/mol. The highest BCUT2D eigenvalue weighted by Gasteiger charge is 2.14. The van der Waals surface area contributed by atoms with Gasteiger partial charge in [0.1, 0.15) is 11.6 Å². The van der Waals surface area contributed by atoms with Gasteiger partial charge in [0.05, 0.1) is 5.69 Å². The van der Waals surface area contributed by atoms with E-state index in [4.69, 9.17) is 10.5 Å². The fourth-order valence-corrected chi connectivity index (χ4v) is 2.61. The predicted molar refractivity (Wildman–Crippen MR) is 83.1 cm³/mol. The average molecular weight is 312 g/mol. The van der Waals surface area contributed by atoms with E-state index in [1.165, 1.54) is 23.7 Å². The minimum Gasteiger partial charge on any atom is -0.454 e. The van der Waals surface area contributed by atoms with Crippen molar-refractivity contribution in [1.29, 1.82) is 0 Å². The molecule has 0 bridgehead atoms. The van der Waals surface area contributed by atoms with Crippen molar-refractivity contribution in [1.82, 2.24) is 15.0 Å². The molecule has 0 fully saturated rings. The second kappa shape index (κ2) is 6.31. The quantitative estimate of drug-likeness (QED) is 0.744. The van der Waals surface area contributed by atoms with Crippen molar-refractivity contribution < 1.29 is 9.53 Å². The maximum absolute atomic E-state index is 11.9. The number of nitrogens with zero attached hydrogens (tertiary/aromatic N) is 3. The summed E-state index contributed by atoms with van der Waals surface area (Å²) in [5, 5.41) is 2.74. The second-order valence-corrected chi connectivity index (χ2v) is 5.23. The standard InChI is InChI=1S/C15H12N4O2S/c16-13-12(17-6-7-18-13)15(20)21-8-11-9-22-14(19-11)10-4-2-1-3-5-10/h1-7,9H,8H2,(H2,16,18). The molecule has 3 aromatic rings. The van der Waals surface area contributed by atoms with Gasteiger partial charge in [-0.05, 0) is 0 Å². The van der Waals surface area contributed by atoms with Crippen LogP contribution in [-0.4, -0.2) is 20.9 Å². The van der Waals surface area contributed by atoms with Gasteiger partial charge in [0.25, 0.3) is 0 Å². The third-order valence-corrected chi connectivity index (χ3v) is 3.78. The van der Waals surface area contributed by atoms with Crippen LogP contribution < -0.4 is 5.73 Å². The Morgan fingerprint density at radius 1 is 1.18 bits per heavy atom. The molecule has 0 aliphatic carbocycles. The fourth-order valence-electron chi connectivity index (χ4n) is 1.80. The van der Waals surface area contributed by atoms with Crippen LogP contribution in [0.25, 0.3) is 10.6 Å². The summed E-state index contributed by atoms with van der Waals surface area (Å²) in [6.45, 7) is 0.0676. The van der Waals surface area contributed by atoms with Gasteiger partial charge in [-0.25, -0.2) is 19.7 Å². The topological polar surface area (TPSA) is 91.0 Å². The first-order chi connectivity index (χ1) is 10.7. The zero-order valence-electron chi connectivity index (χ0n) is 11.5. The molecule has 0 aliphatic heterocycles. The number of benzene rings is 1. The Balaban J connectivity index is 1.67. The van der Waals surface area contributed by atoms with E-state index in [1.807, 2.05) is 35.7 Å². The van der Waals surface area contributed by atoms with Gasteiger partial charge >= 0.3 is 5.97 Å². The minimum absolute atomic E-state index is 0.0148. The number of carbonyl (C=O) groups excluding carboxylic acids is 1. The van der Waals surface area contributed by atoms with Crippen LogP contribution in [0.5, 0.6) is 0 Å². The number of nitrogens with two attached hydrogens (primary N) is 1. The first-order valence-corrected chi connectivity index (χ1v) is 7.35. The van der Waals surface area contributed by atoms with Crippen molar-refractivity contribution >= 4 is 23.1 Å². The van der Waals surface area contributed by atoms with Gasteiger partial charge in [0, 0.05) is 23.3 Å². The van der Waals surface area contributed by atoms with E-state index in [2.05, 4.69) is 15.0 Å². The van der Waals surface area contributed by atoms with Crippen LogP contribution in [-0.2, 0) is 11.3 Å². The lowest BCUT2D eigenvalue weighted by Crippen LogP contribution is -2.11. The van der Waals surface area contributed by atoms with Gasteiger partial charge < -0.3 is 10.5 Å². The maximum atomic E-state index is 11.9. The summed E-state index contributed by atoms with van der Waals surface area (Å²) in [4.78, 5) is 24.0. The molecule has 0 spiro atoms. The molecule has 0 amide bonds. The molecule has 7 heteroatoms. The van der Waals surface area contributed by atoms with Crippen LogP contribution in [0.3, 0.4) is 0 Å². The number of nitrogen functional groups attached to an aromatic ring is 1. The van der Waals surface area contributed by atoms with Crippen molar-refractivity contribution in [2.24, 2.45) is 0 Å². The number of anilines is 1. The third kappa shape index (κ3) is 3.09. The zero-order valence-corrected chi connectivity index (χ0v) is 12.3. The van der Waals surface area contributed by atoms with E-state index in [1.54, 1.807) is 0 Å². The van der Waals surface area contributed by atoms with Crippen molar-refractivity contribution in [3.05, 3.63) is 59.5 Å². The van der Waals surface area contributed by atoms with E-state index < -0.39 is 5.97 Å². The molecular formula is C15H12N4O2S. The first kappa shape index (κ1) is 14.2. The van der Waals surface area contributed by atoms with Crippen molar-refractivity contribution in [3.63, 3.8) is 0 Å². The maximum Gasteiger partial charge on any atom is 0.361 e. The molecule has 110 valence electrons. The van der Waals surface area contributed by atoms with Crippen LogP contribution >= 0.6 is 11.3 Å². The van der Waals surface area contributed by atoms with E-state index in [0.717, 1.165) is 10.6 Å². The number of esters is 1. The van der Waals surface area contributed by atoms with E-state index in [9.17, 15) is 4.79 Å². The van der Waals surface area contributed by atoms with Crippen LogP contribution in [0.2, 0.25) is 0 Å². The molecule has 3 rings (SSSR count). The Hall–Kier alpha value is -2.80. The number of ether oxygens (including phenoxy) is 1. The lowest BCUT2D eigenvalue weighted by molar-refractivity contribution is 0.0462. The summed E-state index contributed by atoms with van der Waals surface area (Å²) in [7, 11) is 0. The molecule has 1 aromatic carbocycles. The smallest absolute Gasteiger partial charge is 0.361 e. The normalized spacial score (nSPS) is 10.4. The summed E-state index contributed by atoms with van der Waals surface area (Å²) < 4.78 is 5.17. The average Bonchev–Trinajstić information content (AvgIpc) is 3.03. The summed E-state index contributed by atoms with van der Waals surface area (Å²) >= 11 is 1.50. The largest absolute Gasteiger partial charge is 0.454 e. The molecule has 6 nitrogen and oxygen atoms in total. The van der Waals surface area contributed by atoms with Gasteiger partial charge in [-0.15, -0.1) is 11.3 Å². The van der Waals surface area contributed by atoms with Crippen molar-refractivity contribution in [3.8, 4) is 10.6 Å². The van der Waals surface area contributed by atoms with Gasteiger partial charge in [-0.1, -0.05) is 30.3 Å². The molecule has 2 N–H and O–H groups in total. The fraction of sp³-hybridized carbons (Fsp3) is 0.0667. The summed E-state index contributed by atoms with van der Waals surface area (Å²) in [5.74, 6) is -0.560. The number of carbonyl (C=O) groups is 1. The molecule has 0 saturated carbocycles. The highest BCUT2D eigenvalue weighted by atomic mass is 32.1. The Kier molecular flexibility index (Phi) is 4.06. The first-order valence-electron chi connectivity index (χ1n) is 6.47. The number of hydrogen-bond acceptors (Lipinski definition) is 7. The lowest BCUT2D eigenvalue weighted by Gasteiger charge is -2.03. The third-order valence-electron chi connectivity index (χ3n) is 2.84. The SMILES string of the molecule is Nc1nccnc1C(=O)OCc1csc(-c2ccccc2)n1. The Bertz CT molecular complexity index is 789. The highest BCUT2D eigenvalue weighted by molar-refractivity contribution is 7.13. The van der Waals surface area contributed by atoms with Gasteiger partial charge in [-0.3, -0.25) is 0 Å². The summed E-state index contributed by atoms with van der Waals surface area (Å²) in [6, 6.07) is 9.81. The van der Waals surface area contributed by atoms with Crippen LogP contribution in [0.4, 0.5) is 5.82 Å². The van der Waals surface area contributed by atoms with E-state index in [0.29, 0.717) is 5.69 Å². The predicted octanol–water partition coefficient (Wildman–Crippen LogP) is 2.54. The highest BCUT2D eigenvalue weighted by Crippen LogP contribution is 2.23. The number of thiazole rings is 1. The van der Waals surface area contributed by atoms with Crippen molar-refractivity contribution in [2.45, 2.75) is 6.61 Å². The summed E-state index contributed by atoms with van der Waals surface area (Å²) in [6.07, 6.45) is 2.81. The molecule has 2 heterocycles. The van der Waals surface area contributed by atoms with Gasteiger partial charge in [0.15, 0.2) is 11.5 Å². The molecule has 22 heavy (non-hydrogen) atoms. The molecule has 0 saturated heterocycles. The lowest BCUT2D eigenvalue weighted by atomic mass is 10.2. The van der Waals surface area contributed by atoms with Crippen LogP contribution in [0.15, 0.2) is 48.1 Å². The van der Waals surface area contributed by atoms with Gasteiger partial charge in [-0.2, -0.15) is 0 Å². The van der Waals surface area contributed by atoms with Gasteiger partial charge in [0.2, 0.25) is 0 Å². The van der Waals surface area contributed by atoms with Crippen LogP contribution in [0, 0.1) is 0 Å². The van der Waals surface area contributed by atoms with E-state index in [-0.39, 0.29) is 18.1 Å². The Morgan fingerprint density at radius 3 is 2.73 bits per heavy atom. The number of aromatic nitrogens is 3. The number of hydrogen-bond donors (Lipinski definition) is 1. The van der Waals surface area contributed by atoms with E-state index >= 15 is 0 Å². The Morgan fingerprint density at radius 2 is 1.95 bits per heavy atom. The summed E-state index contributed by atoms with van der Waals surface area (Å²) in [5.41, 5.74) is 7.31. The molecule has 0 unspecified atom stereocenters. The molecular weight excluding hydrogens is 300 g/mol. The molecule has 0 aliphatic rings. The number of rotatable bonds is 4. The Labute approximate surface area is 130 Å². The van der Waals surface area contributed by atoms with Crippen LogP contribution in [0.1, 0.15) is 16.2 Å².